The summed E-state index contributed by atoms with van der Waals surface area (Å²) in [6.07, 6.45) is 2.94. The number of piperazine rings is 2. The molecule has 3 heterocycles. The van der Waals surface area contributed by atoms with E-state index < -0.39 is 10.0 Å². The Morgan fingerprint density at radius 3 is 2.22 bits per heavy atom. The van der Waals surface area contributed by atoms with Crippen LogP contribution in [-0.4, -0.2) is 104 Å². The first-order chi connectivity index (χ1) is 15.3. The maximum absolute atomic E-state index is 12.8. The summed E-state index contributed by atoms with van der Waals surface area (Å²) in [6.45, 7) is 5.20. The lowest BCUT2D eigenvalue weighted by Gasteiger charge is -2.33. The SMILES string of the molecule is CN1CCN(c2nccc(Nc3ccc(C(=O)N4CCN(S(C)(=O)=O)CC4)cc3)n2)CC1. The van der Waals surface area contributed by atoms with Crippen molar-refractivity contribution in [3.8, 4) is 0 Å². The largest absolute Gasteiger partial charge is 0.340 e. The highest BCUT2D eigenvalue weighted by Crippen LogP contribution is 2.19. The molecule has 0 bridgehead atoms. The van der Waals surface area contributed by atoms with E-state index in [2.05, 4.69) is 32.1 Å². The molecular weight excluding hydrogens is 430 g/mol. The average Bonchev–Trinajstić information content (AvgIpc) is 2.79. The highest BCUT2D eigenvalue weighted by atomic mass is 32.2. The second-order valence-corrected chi connectivity index (χ2v) is 10.2. The summed E-state index contributed by atoms with van der Waals surface area (Å²) >= 11 is 0. The number of sulfonamides is 1. The van der Waals surface area contributed by atoms with Crippen LogP contribution in [0.15, 0.2) is 36.5 Å². The molecule has 0 saturated carbocycles. The minimum atomic E-state index is -3.22. The van der Waals surface area contributed by atoms with Crippen molar-refractivity contribution in [3.05, 3.63) is 42.1 Å². The Labute approximate surface area is 188 Å². The minimum Gasteiger partial charge on any atom is -0.340 e. The molecule has 2 saturated heterocycles. The number of anilines is 3. The Morgan fingerprint density at radius 1 is 0.938 bits per heavy atom. The van der Waals surface area contributed by atoms with Gasteiger partial charge in [0.1, 0.15) is 5.82 Å². The predicted molar refractivity (Wildman–Crippen MR) is 124 cm³/mol. The quantitative estimate of drug-likeness (QED) is 0.697. The zero-order valence-electron chi connectivity index (χ0n) is 18.4. The van der Waals surface area contributed by atoms with Crippen molar-refractivity contribution in [3.63, 3.8) is 0 Å². The summed E-state index contributed by atoms with van der Waals surface area (Å²) in [5, 5.41) is 3.27. The van der Waals surface area contributed by atoms with E-state index in [0.29, 0.717) is 43.5 Å². The molecule has 1 aromatic carbocycles. The number of hydrogen-bond acceptors (Lipinski definition) is 8. The number of carbonyl (C=O) groups excluding carboxylic acids is 1. The molecule has 0 spiro atoms. The van der Waals surface area contributed by atoms with Crippen molar-refractivity contribution < 1.29 is 13.2 Å². The smallest absolute Gasteiger partial charge is 0.253 e. The molecule has 2 aliphatic heterocycles. The van der Waals surface area contributed by atoms with E-state index in [-0.39, 0.29) is 5.91 Å². The molecule has 1 amide bonds. The van der Waals surface area contributed by atoms with Crippen molar-refractivity contribution in [1.82, 2.24) is 24.1 Å². The maximum atomic E-state index is 12.8. The lowest BCUT2D eigenvalue weighted by molar-refractivity contribution is 0.0698. The van der Waals surface area contributed by atoms with Crippen molar-refractivity contribution >= 4 is 33.4 Å². The molecule has 1 N–H and O–H groups in total. The number of hydrogen-bond donors (Lipinski definition) is 1. The Morgan fingerprint density at radius 2 is 1.59 bits per heavy atom. The molecule has 0 aliphatic carbocycles. The summed E-state index contributed by atoms with van der Waals surface area (Å²) in [4.78, 5) is 28.0. The molecule has 11 heteroatoms. The molecule has 2 aromatic rings. The number of nitrogens with one attached hydrogen (secondary N) is 1. The summed E-state index contributed by atoms with van der Waals surface area (Å²) in [5.41, 5.74) is 1.40. The van der Waals surface area contributed by atoms with Crippen LogP contribution in [0.2, 0.25) is 0 Å². The van der Waals surface area contributed by atoms with Gasteiger partial charge in [-0.2, -0.15) is 9.29 Å². The van der Waals surface area contributed by atoms with Crippen molar-refractivity contribution in [2.24, 2.45) is 0 Å². The van der Waals surface area contributed by atoms with Crippen molar-refractivity contribution in [2.45, 2.75) is 0 Å². The first-order valence-electron chi connectivity index (χ1n) is 10.7. The van der Waals surface area contributed by atoms with E-state index in [4.69, 9.17) is 0 Å². The number of aromatic nitrogens is 2. The number of carbonyl (C=O) groups is 1. The molecule has 2 fully saturated rings. The topological polar surface area (TPSA) is 102 Å². The zero-order valence-corrected chi connectivity index (χ0v) is 19.3. The highest BCUT2D eigenvalue weighted by molar-refractivity contribution is 7.88. The van der Waals surface area contributed by atoms with Crippen LogP contribution >= 0.6 is 0 Å². The second kappa shape index (κ2) is 9.39. The maximum Gasteiger partial charge on any atom is 0.253 e. The van der Waals surface area contributed by atoms with Crippen molar-refractivity contribution in [2.75, 3.05) is 75.9 Å². The van der Waals surface area contributed by atoms with Crippen LogP contribution in [0, 0.1) is 0 Å². The third-order valence-corrected chi connectivity index (χ3v) is 7.13. The molecule has 1 aromatic heterocycles. The number of nitrogens with zero attached hydrogens (tertiary/aromatic N) is 6. The lowest BCUT2D eigenvalue weighted by atomic mass is 10.1. The van der Waals surface area contributed by atoms with E-state index in [9.17, 15) is 13.2 Å². The first-order valence-corrected chi connectivity index (χ1v) is 12.5. The summed E-state index contributed by atoms with van der Waals surface area (Å²) in [5.74, 6) is 1.32. The fourth-order valence-electron chi connectivity index (χ4n) is 3.83. The van der Waals surface area contributed by atoms with Gasteiger partial charge in [-0.25, -0.2) is 13.4 Å². The monoisotopic (exact) mass is 459 g/mol. The number of amides is 1. The molecule has 4 rings (SSSR count). The Bertz CT molecular complexity index is 1050. The van der Waals surface area contributed by atoms with Crippen LogP contribution in [0.25, 0.3) is 0 Å². The number of benzene rings is 1. The van der Waals surface area contributed by atoms with Gasteiger partial charge in [0.25, 0.3) is 5.91 Å². The second-order valence-electron chi connectivity index (χ2n) is 8.19. The van der Waals surface area contributed by atoms with Gasteiger partial charge in [-0.3, -0.25) is 4.79 Å². The van der Waals surface area contributed by atoms with Gasteiger partial charge in [0.05, 0.1) is 6.26 Å². The van der Waals surface area contributed by atoms with Gasteiger partial charge in [-0.15, -0.1) is 0 Å². The third kappa shape index (κ3) is 5.34. The molecular formula is C21H29N7O3S. The van der Waals surface area contributed by atoms with Gasteiger partial charge in [0.2, 0.25) is 16.0 Å². The number of rotatable bonds is 5. The Balaban J connectivity index is 1.36. The third-order valence-electron chi connectivity index (χ3n) is 5.83. The van der Waals surface area contributed by atoms with Gasteiger partial charge in [0.15, 0.2) is 0 Å². The van der Waals surface area contributed by atoms with E-state index in [1.165, 1.54) is 10.6 Å². The van der Waals surface area contributed by atoms with Crippen LogP contribution in [0.1, 0.15) is 10.4 Å². The van der Waals surface area contributed by atoms with Gasteiger partial charge in [0, 0.05) is 69.8 Å². The minimum absolute atomic E-state index is 0.0934. The van der Waals surface area contributed by atoms with Crippen LogP contribution in [0.4, 0.5) is 17.5 Å². The van der Waals surface area contributed by atoms with Crippen LogP contribution in [-0.2, 0) is 10.0 Å². The van der Waals surface area contributed by atoms with E-state index >= 15 is 0 Å². The Kier molecular flexibility index (Phi) is 6.58. The highest BCUT2D eigenvalue weighted by Gasteiger charge is 2.26. The number of likely N-dealkylation sites (N-methyl/N-ethyl adjacent to an activating group) is 1. The summed E-state index contributed by atoms with van der Waals surface area (Å²) in [7, 11) is -1.11. The van der Waals surface area contributed by atoms with Crippen LogP contribution in [0.5, 0.6) is 0 Å². The molecule has 10 nitrogen and oxygen atoms in total. The lowest BCUT2D eigenvalue weighted by Crippen LogP contribution is -2.50. The van der Waals surface area contributed by atoms with Crippen molar-refractivity contribution in [1.29, 1.82) is 0 Å². The fourth-order valence-corrected chi connectivity index (χ4v) is 4.65. The van der Waals surface area contributed by atoms with E-state index in [1.807, 2.05) is 18.2 Å². The molecule has 2 aliphatic rings. The molecule has 0 unspecified atom stereocenters. The molecule has 32 heavy (non-hydrogen) atoms. The van der Waals surface area contributed by atoms with E-state index in [1.54, 1.807) is 23.2 Å². The average molecular weight is 460 g/mol. The zero-order chi connectivity index (χ0) is 22.7. The van der Waals surface area contributed by atoms with E-state index in [0.717, 1.165) is 31.9 Å². The first kappa shape index (κ1) is 22.4. The fraction of sp³-hybridized carbons (Fsp3) is 0.476. The Hall–Kier alpha value is -2.76. The van der Waals surface area contributed by atoms with Gasteiger partial charge in [-0.1, -0.05) is 0 Å². The molecule has 172 valence electrons. The van der Waals surface area contributed by atoms with Gasteiger partial charge >= 0.3 is 0 Å². The van der Waals surface area contributed by atoms with Crippen LogP contribution < -0.4 is 10.2 Å². The van der Waals surface area contributed by atoms with Crippen LogP contribution in [0.3, 0.4) is 0 Å². The molecule has 0 radical (unpaired) electrons. The summed E-state index contributed by atoms with van der Waals surface area (Å²) in [6, 6.07) is 9.06. The normalized spacial score (nSPS) is 18.6. The summed E-state index contributed by atoms with van der Waals surface area (Å²) < 4.78 is 24.7. The van der Waals surface area contributed by atoms with Gasteiger partial charge < -0.3 is 20.0 Å². The standard InChI is InChI=1S/C21H29N7O3S/c1-25-9-11-27(12-10-25)21-22-8-7-19(24-21)23-18-5-3-17(4-6-18)20(29)26-13-15-28(16-14-26)32(2,30)31/h3-8H,9-16H2,1-2H3,(H,22,23,24). The van der Waals surface area contributed by atoms with Gasteiger partial charge in [-0.05, 0) is 37.4 Å². The molecule has 0 atom stereocenters. The predicted octanol–water partition coefficient (Wildman–Crippen LogP) is 0.689.